The van der Waals surface area contributed by atoms with Gasteiger partial charge >= 0.3 is 16.8 Å². The first kappa shape index (κ1) is 35.2. The van der Waals surface area contributed by atoms with Crippen molar-refractivity contribution in [2.75, 3.05) is 0 Å². The molecule has 0 amide bonds. The summed E-state index contributed by atoms with van der Waals surface area (Å²) in [5.74, 6) is 0. The van der Waals surface area contributed by atoms with Crippen LogP contribution in [0.25, 0.3) is 0 Å². The molecule has 1 nitrogen and oxygen atoms in total. The Morgan fingerprint density at radius 1 is 1.00 bits per heavy atom. The van der Waals surface area contributed by atoms with Gasteiger partial charge in [0, 0.05) is 52.1 Å². The van der Waals surface area contributed by atoms with E-state index < -0.39 is 0 Å². The zero-order chi connectivity index (χ0) is 0. The molecule has 0 aliphatic heterocycles. The fraction of sp³-hybridized carbons (Fsp3) is 0. The van der Waals surface area contributed by atoms with Gasteiger partial charge in [-0.1, -0.05) is 0 Å². The van der Waals surface area contributed by atoms with E-state index in [1.807, 2.05) is 0 Å². The molecular formula is CoLaNiO. The second kappa shape index (κ2) is 19.2. The number of hydrogen-bond donors (Lipinski definition) is 0. The topological polar surface area (TPSA) is 28.5 Å². The average molecular weight is 273 g/mol. The Kier molecular flexibility index (Phi) is 169. The Bertz CT molecular complexity index is 8.00. The molecule has 0 saturated carbocycles. The third-order valence-electron chi connectivity index (χ3n) is 0. The van der Waals surface area contributed by atoms with Crippen LogP contribution in [0.4, 0.5) is 0 Å². The van der Waals surface area contributed by atoms with Gasteiger partial charge in [-0.05, 0) is 0 Å². The largest absolute Gasteiger partial charge is 2.00 e. The number of rotatable bonds is 0. The SMILES string of the molecule is [Co+2].[La].[Ni].[O-2]. The predicted molar refractivity (Wildman–Crippen MR) is 0.686 cm³/mol. The van der Waals surface area contributed by atoms with E-state index >= 15 is 0 Å². The molecule has 0 atom stereocenters. The molecule has 0 aromatic rings. The van der Waals surface area contributed by atoms with Gasteiger partial charge in [0.25, 0.3) is 0 Å². The third kappa shape index (κ3) is 8.91. The van der Waals surface area contributed by atoms with Crippen molar-refractivity contribution in [3.8, 4) is 0 Å². The van der Waals surface area contributed by atoms with E-state index in [1.165, 1.54) is 0 Å². The summed E-state index contributed by atoms with van der Waals surface area (Å²) in [4.78, 5) is 0. The maximum absolute atomic E-state index is 0. The quantitative estimate of drug-likeness (QED) is 0.550. The van der Waals surface area contributed by atoms with Crippen molar-refractivity contribution in [2.45, 2.75) is 0 Å². The summed E-state index contributed by atoms with van der Waals surface area (Å²) in [6.45, 7) is 0. The Morgan fingerprint density at radius 2 is 1.00 bits per heavy atom. The van der Waals surface area contributed by atoms with Gasteiger partial charge in [0.05, 0.1) is 0 Å². The Labute approximate surface area is 73.3 Å². The van der Waals surface area contributed by atoms with Crippen LogP contribution in [0.1, 0.15) is 0 Å². The van der Waals surface area contributed by atoms with Crippen molar-refractivity contribution in [3.05, 3.63) is 0 Å². The maximum Gasteiger partial charge on any atom is 2.00 e. The van der Waals surface area contributed by atoms with Gasteiger partial charge in [0.1, 0.15) is 0 Å². The molecule has 0 spiro atoms. The normalized spacial score (nSPS) is 0. The van der Waals surface area contributed by atoms with Crippen LogP contribution in [0.2, 0.25) is 0 Å². The van der Waals surface area contributed by atoms with Crippen LogP contribution in [-0.4, -0.2) is 0 Å². The summed E-state index contributed by atoms with van der Waals surface area (Å²) in [5, 5.41) is 0. The van der Waals surface area contributed by atoms with E-state index in [0.29, 0.717) is 0 Å². The van der Waals surface area contributed by atoms with Crippen molar-refractivity contribution in [1.82, 2.24) is 0 Å². The van der Waals surface area contributed by atoms with Gasteiger partial charge in [0.2, 0.25) is 0 Å². The van der Waals surface area contributed by atoms with Crippen molar-refractivity contribution in [2.24, 2.45) is 0 Å². The van der Waals surface area contributed by atoms with E-state index in [9.17, 15) is 0 Å². The van der Waals surface area contributed by atoms with E-state index in [-0.39, 0.29) is 74.3 Å². The molecule has 0 aliphatic carbocycles. The van der Waals surface area contributed by atoms with Gasteiger partial charge in [-0.25, -0.2) is 0 Å². The van der Waals surface area contributed by atoms with Crippen LogP contribution in [-0.2, 0) is 38.7 Å². The monoisotopic (exact) mass is 272 g/mol. The van der Waals surface area contributed by atoms with Crippen LogP contribution in [0.5, 0.6) is 0 Å². The van der Waals surface area contributed by atoms with Gasteiger partial charge in [-0.2, -0.15) is 0 Å². The van der Waals surface area contributed by atoms with Gasteiger partial charge < -0.3 is 5.48 Å². The standard InChI is InChI=1S/Co.La.Ni.O/q+2;;;-2. The average Bonchev–Trinajstić information content (AvgIpc) is 0. The van der Waals surface area contributed by atoms with Gasteiger partial charge in [-0.3, -0.25) is 0 Å². The predicted octanol–water partition coefficient (Wildman–Crippen LogP) is -0.124. The first-order chi connectivity index (χ1) is 0. The Hall–Kier alpha value is 2.15. The van der Waals surface area contributed by atoms with Crippen LogP contribution >= 0.6 is 0 Å². The second-order valence-corrected chi connectivity index (χ2v) is 0. The molecule has 28 valence electrons. The van der Waals surface area contributed by atoms with Crippen molar-refractivity contribution >= 4 is 0 Å². The summed E-state index contributed by atoms with van der Waals surface area (Å²) in [7, 11) is 0. The fourth-order valence-electron chi connectivity index (χ4n) is 0. The molecule has 4 heteroatoms. The summed E-state index contributed by atoms with van der Waals surface area (Å²) < 4.78 is 0. The first-order valence-electron chi connectivity index (χ1n) is 0. The zero-order valence-corrected chi connectivity index (χ0v) is 7.29. The molecule has 0 aromatic heterocycles. The summed E-state index contributed by atoms with van der Waals surface area (Å²) in [5.41, 5.74) is 0. The summed E-state index contributed by atoms with van der Waals surface area (Å²) in [6, 6.07) is 0. The van der Waals surface area contributed by atoms with Crippen molar-refractivity contribution in [1.29, 1.82) is 0 Å². The second-order valence-electron chi connectivity index (χ2n) is 0. The Balaban J connectivity index is 0. The molecule has 0 N–H and O–H groups in total. The first-order valence-corrected chi connectivity index (χ1v) is 0. The smallest absolute Gasteiger partial charge is 2.00 e. The van der Waals surface area contributed by atoms with Crippen LogP contribution < -0.4 is 0 Å². The molecule has 4 heavy (non-hydrogen) atoms. The zero-order valence-electron chi connectivity index (χ0n) is 1.64. The fourth-order valence-corrected chi connectivity index (χ4v) is 0. The minimum atomic E-state index is 0. The molecule has 0 aliphatic rings. The van der Waals surface area contributed by atoms with E-state index in [1.54, 1.807) is 0 Å². The minimum Gasteiger partial charge on any atom is -2.00 e. The Morgan fingerprint density at radius 3 is 1.00 bits per heavy atom. The van der Waals surface area contributed by atoms with Gasteiger partial charge in [0.15, 0.2) is 0 Å². The molecule has 0 unspecified atom stereocenters. The molecule has 0 rings (SSSR count). The molecular weight excluding hydrogens is 273 g/mol. The van der Waals surface area contributed by atoms with E-state index in [0.717, 1.165) is 0 Å². The molecule has 0 saturated heterocycles. The summed E-state index contributed by atoms with van der Waals surface area (Å²) in [6.07, 6.45) is 0. The minimum absolute atomic E-state index is 0. The van der Waals surface area contributed by atoms with Crippen molar-refractivity contribution < 1.29 is 74.3 Å². The maximum atomic E-state index is 0. The molecule has 2 radical (unpaired) electrons. The molecule has 0 fully saturated rings. The van der Waals surface area contributed by atoms with Gasteiger partial charge in [-0.15, -0.1) is 0 Å². The molecule has 0 bridgehead atoms. The van der Waals surface area contributed by atoms with E-state index in [4.69, 9.17) is 0 Å². The van der Waals surface area contributed by atoms with E-state index in [2.05, 4.69) is 0 Å². The molecule has 0 heterocycles. The number of hydrogen-bond acceptors (Lipinski definition) is 0. The third-order valence-corrected chi connectivity index (χ3v) is 0. The van der Waals surface area contributed by atoms with Crippen LogP contribution in [0.3, 0.4) is 0 Å². The van der Waals surface area contributed by atoms with Crippen LogP contribution in [0.15, 0.2) is 0 Å². The van der Waals surface area contributed by atoms with Crippen LogP contribution in [0, 0.1) is 35.6 Å². The van der Waals surface area contributed by atoms with Crippen molar-refractivity contribution in [3.63, 3.8) is 0 Å². The summed E-state index contributed by atoms with van der Waals surface area (Å²) >= 11 is 0. The molecule has 0 aromatic carbocycles.